The van der Waals surface area contributed by atoms with Gasteiger partial charge in [-0.25, -0.2) is 4.98 Å². The number of hydrogen-bond donors (Lipinski definition) is 3. The number of fused-ring (bicyclic) bond motifs is 3. The molecule has 5 heterocycles. The predicted octanol–water partition coefficient (Wildman–Crippen LogP) is 2.90. The molecule has 2 aliphatic rings. The number of likely N-dealkylation sites (N-methyl/N-ethyl adjacent to an activating group) is 1. The highest BCUT2D eigenvalue weighted by molar-refractivity contribution is 5.91. The number of carbonyl (C=O) groups is 1. The molecule has 168 valence electrons. The van der Waals surface area contributed by atoms with Gasteiger partial charge in [-0.3, -0.25) is 14.9 Å². The van der Waals surface area contributed by atoms with E-state index in [1.165, 1.54) is 0 Å². The van der Waals surface area contributed by atoms with E-state index in [1.807, 2.05) is 50.2 Å². The van der Waals surface area contributed by atoms with Gasteiger partial charge in [0.1, 0.15) is 11.6 Å². The summed E-state index contributed by atoms with van der Waals surface area (Å²) in [5, 5.41) is 15.2. The first-order valence-corrected chi connectivity index (χ1v) is 11.2. The molecule has 3 atom stereocenters. The number of aryl methyl sites for hydroxylation is 1. The van der Waals surface area contributed by atoms with E-state index in [9.17, 15) is 4.79 Å². The third-order valence-corrected chi connectivity index (χ3v) is 6.37. The Labute approximate surface area is 187 Å². The molecular formula is C23H30N8O. The molecule has 1 amide bonds. The molecule has 3 aromatic heterocycles. The van der Waals surface area contributed by atoms with Crippen molar-refractivity contribution >= 4 is 34.3 Å². The number of H-pyrrole nitrogens is 1. The zero-order valence-electron chi connectivity index (χ0n) is 18.8. The lowest BCUT2D eigenvalue weighted by molar-refractivity contribution is -0.136. The Balaban J connectivity index is 1.37. The maximum absolute atomic E-state index is 12.8. The van der Waals surface area contributed by atoms with E-state index in [0.717, 1.165) is 53.9 Å². The number of anilines is 3. The van der Waals surface area contributed by atoms with E-state index in [4.69, 9.17) is 4.98 Å². The van der Waals surface area contributed by atoms with Gasteiger partial charge < -0.3 is 20.4 Å². The quantitative estimate of drug-likeness (QED) is 0.548. The summed E-state index contributed by atoms with van der Waals surface area (Å²) in [5.41, 5.74) is 1.86. The van der Waals surface area contributed by atoms with Crippen molar-refractivity contribution in [2.75, 3.05) is 31.3 Å². The number of aromatic amines is 1. The van der Waals surface area contributed by atoms with Crippen molar-refractivity contribution in [1.29, 1.82) is 0 Å². The number of piperidine rings is 1. The minimum atomic E-state index is 0.245. The predicted molar refractivity (Wildman–Crippen MR) is 125 cm³/mol. The highest BCUT2D eigenvalue weighted by Gasteiger charge is 2.43. The van der Waals surface area contributed by atoms with E-state index in [2.05, 4.69) is 30.7 Å². The molecule has 9 nitrogen and oxygen atoms in total. The second-order valence-electron chi connectivity index (χ2n) is 9.22. The summed E-state index contributed by atoms with van der Waals surface area (Å²) in [6.45, 7) is 2.44. The molecule has 3 N–H and O–H groups in total. The largest absolute Gasteiger partial charge is 0.367 e. The number of pyridine rings is 2. The molecule has 2 saturated heterocycles. The van der Waals surface area contributed by atoms with Gasteiger partial charge in [-0.15, -0.1) is 0 Å². The average Bonchev–Trinajstić information content (AvgIpc) is 3.27. The second kappa shape index (κ2) is 8.38. The number of nitrogens with one attached hydrogen (secondary N) is 3. The minimum absolute atomic E-state index is 0.245. The van der Waals surface area contributed by atoms with Crippen LogP contribution in [0.2, 0.25) is 0 Å². The van der Waals surface area contributed by atoms with Gasteiger partial charge in [0.15, 0.2) is 5.82 Å². The van der Waals surface area contributed by atoms with Crippen molar-refractivity contribution in [3.8, 4) is 0 Å². The fourth-order valence-corrected chi connectivity index (χ4v) is 5.11. The van der Waals surface area contributed by atoms with Crippen LogP contribution in [0, 0.1) is 6.92 Å². The average molecular weight is 435 g/mol. The fraction of sp³-hybridized carbons (Fsp3) is 0.478. The molecule has 9 heteroatoms. The van der Waals surface area contributed by atoms with Crippen molar-refractivity contribution in [3.05, 3.63) is 36.2 Å². The first-order chi connectivity index (χ1) is 15.5. The molecule has 2 bridgehead atoms. The Morgan fingerprint density at radius 2 is 2.00 bits per heavy atom. The summed E-state index contributed by atoms with van der Waals surface area (Å²) < 4.78 is 0. The van der Waals surface area contributed by atoms with Gasteiger partial charge in [0.05, 0.1) is 12.1 Å². The number of hydrogen-bond acceptors (Lipinski definition) is 7. The van der Waals surface area contributed by atoms with Gasteiger partial charge in [0.25, 0.3) is 0 Å². The number of rotatable bonds is 6. The van der Waals surface area contributed by atoms with Crippen LogP contribution in [-0.2, 0) is 4.79 Å². The highest BCUT2D eigenvalue weighted by Crippen LogP contribution is 2.37. The molecule has 2 aliphatic heterocycles. The van der Waals surface area contributed by atoms with Crippen LogP contribution in [0.1, 0.15) is 31.4 Å². The van der Waals surface area contributed by atoms with E-state index >= 15 is 0 Å². The van der Waals surface area contributed by atoms with Crippen LogP contribution in [0.15, 0.2) is 30.5 Å². The monoisotopic (exact) mass is 434 g/mol. The van der Waals surface area contributed by atoms with E-state index in [1.54, 1.807) is 6.20 Å². The van der Waals surface area contributed by atoms with Crippen molar-refractivity contribution in [3.63, 3.8) is 0 Å². The van der Waals surface area contributed by atoms with Crippen LogP contribution in [0.25, 0.3) is 10.9 Å². The minimum Gasteiger partial charge on any atom is -0.367 e. The topological polar surface area (TPSA) is 102 Å². The van der Waals surface area contributed by atoms with E-state index in [0.29, 0.717) is 24.4 Å². The molecule has 32 heavy (non-hydrogen) atoms. The van der Waals surface area contributed by atoms with Crippen molar-refractivity contribution < 1.29 is 4.79 Å². The summed E-state index contributed by atoms with van der Waals surface area (Å²) in [6, 6.07) is 8.74. The van der Waals surface area contributed by atoms with Crippen LogP contribution in [0.4, 0.5) is 17.5 Å². The first kappa shape index (κ1) is 20.7. The Bertz CT molecular complexity index is 1110. The van der Waals surface area contributed by atoms with Crippen LogP contribution in [-0.4, -0.2) is 74.6 Å². The summed E-state index contributed by atoms with van der Waals surface area (Å²) >= 11 is 0. The molecule has 5 rings (SSSR count). The second-order valence-corrected chi connectivity index (χ2v) is 9.22. The number of amides is 1. The molecule has 2 fully saturated rings. The Hall–Kier alpha value is -3.20. The molecule has 1 unspecified atom stereocenters. The number of nitrogens with zero attached hydrogens (tertiary/aromatic N) is 5. The maximum atomic E-state index is 12.8. The van der Waals surface area contributed by atoms with Gasteiger partial charge in [-0.2, -0.15) is 5.10 Å². The number of aromatic nitrogens is 4. The van der Waals surface area contributed by atoms with E-state index in [-0.39, 0.29) is 11.9 Å². The normalized spacial score (nSPS) is 22.5. The molecule has 3 aromatic rings. The molecular weight excluding hydrogens is 404 g/mol. The summed E-state index contributed by atoms with van der Waals surface area (Å²) in [7, 11) is 3.90. The van der Waals surface area contributed by atoms with Gasteiger partial charge >= 0.3 is 0 Å². The zero-order chi connectivity index (χ0) is 22.2. The lowest BCUT2D eigenvalue weighted by Gasteiger charge is -2.40. The van der Waals surface area contributed by atoms with Gasteiger partial charge in [0, 0.05) is 47.5 Å². The van der Waals surface area contributed by atoms with Crippen molar-refractivity contribution in [1.82, 2.24) is 30.0 Å². The SMILES string of the molecule is Cc1cc(Nc2cc3ncccc3c(NC3C[C@H]4CC[C@@H](C3)N4C(=O)CN(C)C)n2)n[nH]1. The molecule has 0 aromatic carbocycles. The van der Waals surface area contributed by atoms with E-state index < -0.39 is 0 Å². The summed E-state index contributed by atoms with van der Waals surface area (Å²) in [6.07, 6.45) is 5.84. The van der Waals surface area contributed by atoms with Gasteiger partial charge in [-0.1, -0.05) is 0 Å². The van der Waals surface area contributed by atoms with Crippen molar-refractivity contribution in [2.45, 2.75) is 50.7 Å². The Kier molecular flexibility index (Phi) is 5.42. The maximum Gasteiger partial charge on any atom is 0.237 e. The summed E-state index contributed by atoms with van der Waals surface area (Å²) in [5.74, 6) is 2.49. The lowest BCUT2D eigenvalue weighted by atomic mass is 9.97. The fourth-order valence-electron chi connectivity index (χ4n) is 5.11. The molecule has 0 saturated carbocycles. The van der Waals surface area contributed by atoms with Gasteiger partial charge in [0.2, 0.25) is 5.91 Å². The summed E-state index contributed by atoms with van der Waals surface area (Å²) in [4.78, 5) is 26.3. The third-order valence-electron chi connectivity index (χ3n) is 6.37. The molecule has 0 spiro atoms. The zero-order valence-corrected chi connectivity index (χ0v) is 18.8. The van der Waals surface area contributed by atoms with Crippen LogP contribution in [0.3, 0.4) is 0 Å². The first-order valence-electron chi connectivity index (χ1n) is 11.2. The lowest BCUT2D eigenvalue weighted by Crippen LogP contribution is -2.51. The van der Waals surface area contributed by atoms with Crippen molar-refractivity contribution in [2.24, 2.45) is 0 Å². The third kappa shape index (κ3) is 4.12. The smallest absolute Gasteiger partial charge is 0.237 e. The standard InChI is InChI=1S/C23H30N8O/c1-14-9-21(29-28-14)26-20-12-19-18(5-4-8-24-19)23(27-20)25-15-10-16-6-7-17(11-15)31(16)22(32)13-30(2)3/h4-5,8-9,12,15-17H,6-7,10-11,13H2,1-3H3,(H3,25,26,27,28,29)/t15?,16-,17+. The van der Waals surface area contributed by atoms with Gasteiger partial charge in [-0.05, 0) is 58.8 Å². The Morgan fingerprint density at radius 1 is 1.22 bits per heavy atom. The number of carbonyl (C=O) groups excluding carboxylic acids is 1. The molecule has 0 radical (unpaired) electrons. The van der Waals surface area contributed by atoms with Crippen LogP contribution < -0.4 is 10.6 Å². The van der Waals surface area contributed by atoms with Crippen LogP contribution >= 0.6 is 0 Å². The molecule has 0 aliphatic carbocycles. The highest BCUT2D eigenvalue weighted by atomic mass is 16.2. The Morgan fingerprint density at radius 3 is 2.69 bits per heavy atom. The van der Waals surface area contributed by atoms with Crippen LogP contribution in [0.5, 0.6) is 0 Å².